The second kappa shape index (κ2) is 9.22. The van der Waals surface area contributed by atoms with E-state index in [0.29, 0.717) is 34.3 Å². The number of hydrogen-bond acceptors (Lipinski definition) is 5. The second-order valence-electron chi connectivity index (χ2n) is 7.48. The number of fused-ring (bicyclic) bond motifs is 1. The summed E-state index contributed by atoms with van der Waals surface area (Å²) in [5, 5.41) is 3.55. The Morgan fingerprint density at radius 1 is 1.21 bits per heavy atom. The summed E-state index contributed by atoms with van der Waals surface area (Å²) in [6.45, 7) is 8.65. The van der Waals surface area contributed by atoms with Crippen LogP contribution in [0.4, 0.5) is 0 Å². The van der Waals surface area contributed by atoms with Crippen LogP contribution >= 0.6 is 11.8 Å². The number of benzene rings is 1. The molecule has 0 bridgehead atoms. The molecule has 0 saturated heterocycles. The molecule has 7 heteroatoms. The lowest BCUT2D eigenvalue weighted by Gasteiger charge is -2.16. The predicted octanol–water partition coefficient (Wildman–Crippen LogP) is 3.73. The molecular formula is C22H26N4O2S. The van der Waals surface area contributed by atoms with Crippen LogP contribution in [0.2, 0.25) is 0 Å². The number of rotatable bonds is 7. The van der Waals surface area contributed by atoms with Gasteiger partial charge in [0.25, 0.3) is 5.56 Å². The molecule has 0 aliphatic carbocycles. The van der Waals surface area contributed by atoms with Crippen molar-refractivity contribution in [2.75, 3.05) is 6.54 Å². The van der Waals surface area contributed by atoms with E-state index in [9.17, 15) is 9.59 Å². The molecule has 29 heavy (non-hydrogen) atoms. The zero-order valence-corrected chi connectivity index (χ0v) is 18.0. The maximum atomic E-state index is 13.2. The summed E-state index contributed by atoms with van der Waals surface area (Å²) in [6, 6.07) is 10.9. The van der Waals surface area contributed by atoms with Gasteiger partial charge in [-0.25, -0.2) is 14.5 Å². The van der Waals surface area contributed by atoms with Crippen molar-refractivity contribution in [1.82, 2.24) is 19.9 Å². The molecule has 1 unspecified atom stereocenters. The van der Waals surface area contributed by atoms with E-state index in [1.165, 1.54) is 16.3 Å². The summed E-state index contributed by atoms with van der Waals surface area (Å²) in [5.41, 5.74) is 1.41. The Balaban J connectivity index is 1.99. The molecule has 1 aromatic carbocycles. The fraction of sp³-hybridized carbons (Fsp3) is 0.364. The lowest BCUT2D eigenvalue weighted by atomic mass is 10.1. The smallest absolute Gasteiger partial charge is 0.267 e. The van der Waals surface area contributed by atoms with Gasteiger partial charge in [0.1, 0.15) is 5.82 Å². The third-order valence-corrected chi connectivity index (χ3v) is 5.60. The van der Waals surface area contributed by atoms with E-state index in [1.54, 1.807) is 12.3 Å². The van der Waals surface area contributed by atoms with Crippen LogP contribution in [0.3, 0.4) is 0 Å². The molecule has 1 N–H and O–H groups in total. The minimum atomic E-state index is -0.397. The molecule has 1 atom stereocenters. The van der Waals surface area contributed by atoms with Crippen LogP contribution in [0.25, 0.3) is 16.7 Å². The molecule has 0 spiro atoms. The van der Waals surface area contributed by atoms with E-state index < -0.39 is 5.25 Å². The normalized spacial score (nSPS) is 12.3. The Bertz CT molecular complexity index is 1080. The summed E-state index contributed by atoms with van der Waals surface area (Å²) in [5.74, 6) is 0.961. The Morgan fingerprint density at radius 3 is 2.69 bits per heavy atom. The fourth-order valence-corrected chi connectivity index (χ4v) is 3.81. The molecule has 0 aliphatic heterocycles. The number of hydrogen-bond donors (Lipinski definition) is 1. The maximum absolute atomic E-state index is 13.2. The predicted molar refractivity (Wildman–Crippen MR) is 118 cm³/mol. The van der Waals surface area contributed by atoms with Gasteiger partial charge in [0, 0.05) is 12.7 Å². The van der Waals surface area contributed by atoms with Gasteiger partial charge < -0.3 is 5.32 Å². The van der Waals surface area contributed by atoms with E-state index in [-0.39, 0.29) is 11.5 Å². The lowest BCUT2D eigenvalue weighted by Crippen LogP contribution is -2.33. The van der Waals surface area contributed by atoms with Crippen molar-refractivity contribution in [1.29, 1.82) is 0 Å². The fourth-order valence-electron chi connectivity index (χ4n) is 2.88. The molecule has 0 radical (unpaired) electrons. The van der Waals surface area contributed by atoms with E-state index >= 15 is 0 Å². The van der Waals surface area contributed by atoms with E-state index in [0.717, 1.165) is 12.0 Å². The third-order valence-electron chi connectivity index (χ3n) is 4.55. The summed E-state index contributed by atoms with van der Waals surface area (Å²) in [7, 11) is 0. The third kappa shape index (κ3) is 5.03. The van der Waals surface area contributed by atoms with Gasteiger partial charge in [-0.15, -0.1) is 0 Å². The quantitative estimate of drug-likeness (QED) is 0.474. The molecular weight excluding hydrogens is 384 g/mol. The number of pyridine rings is 1. The van der Waals surface area contributed by atoms with Crippen molar-refractivity contribution >= 4 is 28.6 Å². The molecule has 0 aliphatic rings. The second-order valence-corrected chi connectivity index (χ2v) is 8.79. The van der Waals surface area contributed by atoms with Crippen molar-refractivity contribution in [2.24, 2.45) is 5.92 Å². The van der Waals surface area contributed by atoms with Crippen molar-refractivity contribution in [3.63, 3.8) is 0 Å². The average molecular weight is 411 g/mol. The van der Waals surface area contributed by atoms with Crippen molar-refractivity contribution in [3.8, 4) is 5.82 Å². The lowest BCUT2D eigenvalue weighted by molar-refractivity contribution is -0.120. The number of carbonyl (C=O) groups is 1. The summed E-state index contributed by atoms with van der Waals surface area (Å²) >= 11 is 1.27. The van der Waals surface area contributed by atoms with Crippen LogP contribution in [-0.2, 0) is 4.79 Å². The van der Waals surface area contributed by atoms with Gasteiger partial charge in [-0.05, 0) is 56.0 Å². The van der Waals surface area contributed by atoms with Gasteiger partial charge in [0.05, 0.1) is 16.2 Å². The van der Waals surface area contributed by atoms with Crippen LogP contribution in [0.5, 0.6) is 0 Å². The van der Waals surface area contributed by atoms with Crippen LogP contribution in [0.15, 0.2) is 52.5 Å². The Hall–Kier alpha value is -2.67. The van der Waals surface area contributed by atoms with Crippen molar-refractivity contribution < 1.29 is 4.79 Å². The van der Waals surface area contributed by atoms with Gasteiger partial charge in [-0.1, -0.05) is 37.7 Å². The molecule has 6 nitrogen and oxygen atoms in total. The van der Waals surface area contributed by atoms with E-state index in [4.69, 9.17) is 0 Å². The first-order valence-electron chi connectivity index (χ1n) is 9.76. The zero-order chi connectivity index (χ0) is 21.0. The van der Waals surface area contributed by atoms with Crippen molar-refractivity contribution in [2.45, 2.75) is 44.5 Å². The standard InChI is InChI=1S/C22H26N4O2S/c1-14(2)9-11-24-20(27)16(4)29-22-25-18-8-6-5-7-17(18)21(28)26(22)19-13-15(3)10-12-23-19/h5-8,10,12-14,16H,9,11H2,1-4H3,(H,24,27). The highest BCUT2D eigenvalue weighted by molar-refractivity contribution is 8.00. The highest BCUT2D eigenvalue weighted by Gasteiger charge is 2.20. The molecule has 2 aromatic heterocycles. The SMILES string of the molecule is Cc1ccnc(-n2c(SC(C)C(=O)NCCC(C)C)nc3ccccc3c2=O)c1. The Kier molecular flexibility index (Phi) is 6.69. The van der Waals surface area contributed by atoms with Crippen LogP contribution in [-0.4, -0.2) is 32.2 Å². The van der Waals surface area contributed by atoms with Gasteiger partial charge >= 0.3 is 0 Å². The molecule has 0 fully saturated rings. The molecule has 3 rings (SSSR count). The van der Waals surface area contributed by atoms with Gasteiger partial charge in [-0.3, -0.25) is 9.59 Å². The van der Waals surface area contributed by atoms with E-state index in [2.05, 4.69) is 29.1 Å². The number of nitrogens with one attached hydrogen (secondary N) is 1. The number of nitrogens with zero attached hydrogens (tertiary/aromatic N) is 3. The number of amides is 1. The first-order chi connectivity index (χ1) is 13.9. The Labute approximate surface area is 174 Å². The van der Waals surface area contributed by atoms with Crippen molar-refractivity contribution in [3.05, 3.63) is 58.5 Å². The first kappa shape index (κ1) is 21.0. The monoisotopic (exact) mass is 410 g/mol. The van der Waals surface area contributed by atoms with Gasteiger partial charge in [0.2, 0.25) is 5.91 Å². The number of aromatic nitrogens is 3. The zero-order valence-electron chi connectivity index (χ0n) is 17.2. The Morgan fingerprint density at radius 2 is 1.97 bits per heavy atom. The minimum Gasteiger partial charge on any atom is -0.355 e. The highest BCUT2D eigenvalue weighted by Crippen LogP contribution is 2.24. The minimum absolute atomic E-state index is 0.0678. The van der Waals surface area contributed by atoms with Crippen LogP contribution < -0.4 is 10.9 Å². The average Bonchev–Trinajstić information content (AvgIpc) is 2.67. The molecule has 2 heterocycles. The molecule has 3 aromatic rings. The summed E-state index contributed by atoms with van der Waals surface area (Å²) in [4.78, 5) is 34.8. The van der Waals surface area contributed by atoms with Gasteiger partial charge in [-0.2, -0.15) is 0 Å². The van der Waals surface area contributed by atoms with Gasteiger partial charge in [0.15, 0.2) is 5.16 Å². The van der Waals surface area contributed by atoms with Crippen LogP contribution in [0.1, 0.15) is 32.8 Å². The van der Waals surface area contributed by atoms with Crippen LogP contribution in [0, 0.1) is 12.8 Å². The number of carbonyl (C=O) groups excluding carboxylic acids is 1. The molecule has 0 saturated carbocycles. The van der Waals surface area contributed by atoms with E-state index in [1.807, 2.05) is 44.2 Å². The first-order valence-corrected chi connectivity index (χ1v) is 10.6. The summed E-state index contributed by atoms with van der Waals surface area (Å²) < 4.78 is 1.50. The number of para-hydroxylation sites is 1. The largest absolute Gasteiger partial charge is 0.355 e. The summed E-state index contributed by atoms with van der Waals surface area (Å²) in [6.07, 6.45) is 2.60. The maximum Gasteiger partial charge on any atom is 0.267 e. The highest BCUT2D eigenvalue weighted by atomic mass is 32.2. The number of thioether (sulfide) groups is 1. The number of aryl methyl sites for hydroxylation is 1. The molecule has 152 valence electrons. The molecule has 1 amide bonds. The topological polar surface area (TPSA) is 76.9 Å².